The molecule has 1 N–H and O–H groups in total. The molecule has 0 saturated heterocycles. The molecular formula is C17H21ClN4O. The summed E-state index contributed by atoms with van der Waals surface area (Å²) in [6.07, 6.45) is 2.58. The average Bonchev–Trinajstić information content (AvgIpc) is 2.49. The van der Waals surface area contributed by atoms with Crippen molar-refractivity contribution in [3.63, 3.8) is 0 Å². The summed E-state index contributed by atoms with van der Waals surface area (Å²) in [6, 6.07) is 3.76. The Morgan fingerprint density at radius 3 is 2.78 bits per heavy atom. The number of H-pyrrole nitrogens is 1. The van der Waals surface area contributed by atoms with E-state index in [-0.39, 0.29) is 11.0 Å². The molecule has 0 atom stereocenters. The van der Waals surface area contributed by atoms with Crippen LogP contribution in [0.15, 0.2) is 23.1 Å². The minimum atomic E-state index is -0.152. The summed E-state index contributed by atoms with van der Waals surface area (Å²) in [7, 11) is 0. The molecule has 2 aromatic heterocycles. The third-order valence-corrected chi connectivity index (χ3v) is 4.28. The summed E-state index contributed by atoms with van der Waals surface area (Å²) in [5, 5.41) is 0.494. The van der Waals surface area contributed by atoms with Crippen molar-refractivity contribution < 1.29 is 0 Å². The number of hydrogen-bond acceptors (Lipinski definition) is 4. The van der Waals surface area contributed by atoms with Gasteiger partial charge < -0.3 is 4.98 Å². The van der Waals surface area contributed by atoms with Gasteiger partial charge in [0.25, 0.3) is 5.56 Å². The van der Waals surface area contributed by atoms with E-state index in [0.717, 1.165) is 42.2 Å². The lowest BCUT2D eigenvalue weighted by molar-refractivity contribution is 0.240. The molecular weight excluding hydrogens is 312 g/mol. The van der Waals surface area contributed by atoms with Crippen LogP contribution in [-0.2, 0) is 24.9 Å². The van der Waals surface area contributed by atoms with Crippen LogP contribution in [0.3, 0.4) is 0 Å². The lowest BCUT2D eigenvalue weighted by atomic mass is 9.95. The molecule has 2 aromatic rings. The third-order valence-electron chi connectivity index (χ3n) is 4.05. The molecule has 5 nitrogen and oxygen atoms in total. The van der Waals surface area contributed by atoms with Crippen LogP contribution in [0.4, 0.5) is 0 Å². The fraction of sp³-hybridized carbons (Fsp3) is 0.471. The number of rotatable bonds is 2. The van der Waals surface area contributed by atoms with Crippen molar-refractivity contribution in [1.82, 2.24) is 19.9 Å². The number of halogens is 1. The van der Waals surface area contributed by atoms with Gasteiger partial charge in [-0.2, -0.15) is 0 Å². The van der Waals surface area contributed by atoms with Crippen LogP contribution in [-0.4, -0.2) is 26.4 Å². The maximum Gasteiger partial charge on any atom is 0.255 e. The van der Waals surface area contributed by atoms with E-state index >= 15 is 0 Å². The topological polar surface area (TPSA) is 61.9 Å². The molecule has 0 radical (unpaired) electrons. The molecule has 0 aromatic carbocycles. The average molecular weight is 333 g/mol. The van der Waals surface area contributed by atoms with Gasteiger partial charge in [0.2, 0.25) is 0 Å². The molecule has 0 saturated carbocycles. The minimum Gasteiger partial charge on any atom is -0.310 e. The Morgan fingerprint density at radius 2 is 2.13 bits per heavy atom. The molecule has 0 fully saturated rings. The SMILES string of the molecule is CC(C)(C)c1nc2c(c(=O)[nH]1)CN(Cc1ccc(Cl)nc1)CC2. The number of nitrogens with one attached hydrogen (secondary N) is 1. The molecule has 1 aliphatic rings. The second kappa shape index (κ2) is 6.06. The zero-order valence-electron chi connectivity index (χ0n) is 13.7. The molecule has 122 valence electrons. The quantitative estimate of drug-likeness (QED) is 0.859. The molecule has 1 aliphatic heterocycles. The van der Waals surface area contributed by atoms with Gasteiger partial charge in [-0.3, -0.25) is 9.69 Å². The van der Waals surface area contributed by atoms with Crippen molar-refractivity contribution in [3.05, 3.63) is 56.5 Å². The first-order chi connectivity index (χ1) is 10.8. The molecule has 6 heteroatoms. The summed E-state index contributed by atoms with van der Waals surface area (Å²) in [5.74, 6) is 0.761. The van der Waals surface area contributed by atoms with Crippen molar-refractivity contribution in [2.75, 3.05) is 6.54 Å². The highest BCUT2D eigenvalue weighted by Crippen LogP contribution is 2.21. The van der Waals surface area contributed by atoms with E-state index in [0.29, 0.717) is 11.7 Å². The fourth-order valence-corrected chi connectivity index (χ4v) is 2.84. The summed E-state index contributed by atoms with van der Waals surface area (Å²) in [5.41, 5.74) is 2.64. The van der Waals surface area contributed by atoms with E-state index < -0.39 is 0 Å². The highest BCUT2D eigenvalue weighted by molar-refractivity contribution is 6.29. The van der Waals surface area contributed by atoms with E-state index in [4.69, 9.17) is 11.6 Å². The second-order valence-corrected chi connectivity index (χ2v) is 7.43. The Bertz CT molecular complexity index is 762. The Morgan fingerprint density at radius 1 is 1.35 bits per heavy atom. The molecule has 0 aliphatic carbocycles. The van der Waals surface area contributed by atoms with Crippen molar-refractivity contribution in [3.8, 4) is 0 Å². The fourth-order valence-electron chi connectivity index (χ4n) is 2.73. The zero-order chi connectivity index (χ0) is 16.6. The lowest BCUT2D eigenvalue weighted by Gasteiger charge is -2.28. The molecule has 3 heterocycles. The summed E-state index contributed by atoms with van der Waals surface area (Å²) in [6.45, 7) is 8.42. The second-order valence-electron chi connectivity index (χ2n) is 7.04. The van der Waals surface area contributed by atoms with E-state index in [1.165, 1.54) is 0 Å². The van der Waals surface area contributed by atoms with Gasteiger partial charge in [-0.25, -0.2) is 9.97 Å². The van der Waals surface area contributed by atoms with Gasteiger partial charge in [0, 0.05) is 37.7 Å². The summed E-state index contributed by atoms with van der Waals surface area (Å²) in [4.78, 5) is 26.4. The van der Waals surface area contributed by atoms with Crippen LogP contribution < -0.4 is 5.56 Å². The minimum absolute atomic E-state index is 0.0149. The maximum atomic E-state index is 12.4. The molecule has 0 amide bonds. The Labute approximate surface area is 140 Å². The van der Waals surface area contributed by atoms with Crippen LogP contribution in [0, 0.1) is 0 Å². The van der Waals surface area contributed by atoms with Crippen molar-refractivity contribution in [2.45, 2.75) is 45.7 Å². The number of hydrogen-bond donors (Lipinski definition) is 1. The predicted octanol–water partition coefficient (Wildman–Crippen LogP) is 2.67. The number of nitrogens with zero attached hydrogens (tertiary/aromatic N) is 3. The van der Waals surface area contributed by atoms with E-state index in [9.17, 15) is 4.79 Å². The standard InChI is InChI=1S/C17H21ClN4O/c1-17(2,3)16-20-13-6-7-22(10-12(13)15(23)21-16)9-11-4-5-14(18)19-8-11/h4-5,8H,6-7,9-10H2,1-3H3,(H,20,21,23). The smallest absolute Gasteiger partial charge is 0.255 e. The van der Waals surface area contributed by atoms with Crippen LogP contribution >= 0.6 is 11.6 Å². The molecule has 3 rings (SSSR count). The largest absolute Gasteiger partial charge is 0.310 e. The van der Waals surface area contributed by atoms with Crippen LogP contribution in [0.2, 0.25) is 5.15 Å². The van der Waals surface area contributed by atoms with Crippen LogP contribution in [0.25, 0.3) is 0 Å². The molecule has 23 heavy (non-hydrogen) atoms. The van der Waals surface area contributed by atoms with E-state index in [1.807, 2.05) is 6.07 Å². The Kier molecular flexibility index (Phi) is 4.25. The molecule has 0 bridgehead atoms. The lowest BCUT2D eigenvalue weighted by Crippen LogP contribution is -2.37. The Hall–Kier alpha value is -1.72. The first-order valence-corrected chi connectivity index (χ1v) is 8.16. The van der Waals surface area contributed by atoms with Crippen LogP contribution in [0.1, 0.15) is 43.4 Å². The highest BCUT2D eigenvalue weighted by atomic mass is 35.5. The number of pyridine rings is 1. The molecule has 0 unspecified atom stereocenters. The van der Waals surface area contributed by atoms with Crippen molar-refractivity contribution in [2.24, 2.45) is 0 Å². The molecule has 0 spiro atoms. The van der Waals surface area contributed by atoms with E-state index in [2.05, 4.69) is 40.6 Å². The van der Waals surface area contributed by atoms with Gasteiger partial charge in [0.05, 0.1) is 11.3 Å². The van der Waals surface area contributed by atoms with E-state index in [1.54, 1.807) is 12.3 Å². The first-order valence-electron chi connectivity index (χ1n) is 7.78. The maximum absolute atomic E-state index is 12.4. The van der Waals surface area contributed by atoms with Crippen LogP contribution in [0.5, 0.6) is 0 Å². The van der Waals surface area contributed by atoms with Crippen molar-refractivity contribution in [1.29, 1.82) is 0 Å². The van der Waals surface area contributed by atoms with Crippen molar-refractivity contribution >= 4 is 11.6 Å². The van der Waals surface area contributed by atoms with Gasteiger partial charge in [-0.05, 0) is 11.6 Å². The number of fused-ring (bicyclic) bond motifs is 1. The Balaban J connectivity index is 1.81. The summed E-state index contributed by atoms with van der Waals surface area (Å²) >= 11 is 5.82. The summed E-state index contributed by atoms with van der Waals surface area (Å²) < 4.78 is 0. The number of aromatic amines is 1. The van der Waals surface area contributed by atoms with Gasteiger partial charge in [-0.15, -0.1) is 0 Å². The zero-order valence-corrected chi connectivity index (χ0v) is 14.4. The highest BCUT2D eigenvalue weighted by Gasteiger charge is 2.24. The first kappa shape index (κ1) is 16.1. The predicted molar refractivity (Wildman–Crippen MR) is 90.6 cm³/mol. The monoisotopic (exact) mass is 332 g/mol. The van der Waals surface area contributed by atoms with Gasteiger partial charge in [0.15, 0.2) is 0 Å². The van der Waals surface area contributed by atoms with Gasteiger partial charge >= 0.3 is 0 Å². The normalized spacial score (nSPS) is 15.5. The van der Waals surface area contributed by atoms with Gasteiger partial charge in [0.1, 0.15) is 11.0 Å². The van der Waals surface area contributed by atoms with Gasteiger partial charge in [-0.1, -0.05) is 38.4 Å². The number of aromatic nitrogens is 3. The third kappa shape index (κ3) is 3.62.